The van der Waals surface area contributed by atoms with Crippen LogP contribution in [0.25, 0.3) is 0 Å². The molecule has 0 spiro atoms. The summed E-state index contributed by atoms with van der Waals surface area (Å²) < 4.78 is 5.40. The number of nitrogens with one attached hydrogen (secondary N) is 2. The van der Waals surface area contributed by atoms with Crippen LogP contribution < -0.4 is 10.6 Å². The number of carbonyl (C=O) groups excluding carboxylic acids is 1. The predicted molar refractivity (Wildman–Crippen MR) is 127 cm³/mol. The highest BCUT2D eigenvalue weighted by Gasteiger charge is 2.08. The van der Waals surface area contributed by atoms with Gasteiger partial charge >= 0.3 is 0 Å². The molecule has 0 aliphatic heterocycles. The second-order valence-corrected chi connectivity index (χ2v) is 8.42. The molecule has 2 heterocycles. The molecule has 1 aromatic carbocycles. The average Bonchev–Trinajstić information content (AvgIpc) is 3.47. The van der Waals surface area contributed by atoms with Crippen molar-refractivity contribution in [1.82, 2.24) is 15.5 Å². The third kappa shape index (κ3) is 7.61. The first-order chi connectivity index (χ1) is 15.1. The van der Waals surface area contributed by atoms with Crippen molar-refractivity contribution in [3.05, 3.63) is 81.9 Å². The number of rotatable bonds is 10. The van der Waals surface area contributed by atoms with Gasteiger partial charge in [0.2, 0.25) is 0 Å². The third-order valence-electron chi connectivity index (χ3n) is 4.74. The fourth-order valence-electron chi connectivity index (χ4n) is 3.11. The quantitative estimate of drug-likeness (QED) is 0.375. The van der Waals surface area contributed by atoms with Crippen LogP contribution in [-0.2, 0) is 19.3 Å². The van der Waals surface area contributed by atoms with E-state index in [0.717, 1.165) is 56.2 Å². The van der Waals surface area contributed by atoms with E-state index in [0.29, 0.717) is 5.56 Å². The highest BCUT2D eigenvalue weighted by atomic mass is 32.1. The van der Waals surface area contributed by atoms with Crippen LogP contribution in [0.1, 0.15) is 26.6 Å². The fourth-order valence-corrected chi connectivity index (χ4v) is 3.81. The molecule has 7 heteroatoms. The van der Waals surface area contributed by atoms with Crippen LogP contribution in [0.5, 0.6) is 0 Å². The van der Waals surface area contributed by atoms with Gasteiger partial charge in [-0.05, 0) is 47.7 Å². The van der Waals surface area contributed by atoms with E-state index in [1.54, 1.807) is 36.6 Å². The number of furan rings is 1. The summed E-state index contributed by atoms with van der Waals surface area (Å²) in [5.74, 6) is 1.77. The van der Waals surface area contributed by atoms with Gasteiger partial charge in [-0.25, -0.2) is 0 Å². The van der Waals surface area contributed by atoms with Gasteiger partial charge in [0.15, 0.2) is 5.96 Å². The zero-order valence-corrected chi connectivity index (χ0v) is 19.0. The Labute approximate surface area is 188 Å². The van der Waals surface area contributed by atoms with Crippen molar-refractivity contribution >= 4 is 23.2 Å². The molecule has 6 nitrogen and oxygen atoms in total. The molecule has 0 aliphatic carbocycles. The Morgan fingerprint density at radius 2 is 1.87 bits per heavy atom. The molecule has 0 atom stereocenters. The van der Waals surface area contributed by atoms with Crippen molar-refractivity contribution in [3.8, 4) is 0 Å². The normalized spacial score (nSPS) is 11.4. The predicted octanol–water partition coefficient (Wildman–Crippen LogP) is 3.61. The van der Waals surface area contributed by atoms with Crippen LogP contribution in [0.15, 0.2) is 69.6 Å². The number of thiophene rings is 1. The lowest BCUT2D eigenvalue weighted by Gasteiger charge is -2.13. The number of guanidine groups is 1. The van der Waals surface area contributed by atoms with E-state index >= 15 is 0 Å². The van der Waals surface area contributed by atoms with Gasteiger partial charge in [-0.2, -0.15) is 0 Å². The molecular formula is C24H30N4O2S. The standard InChI is InChI=1S/C24H30N4O2S/c1-28(2)23(29)20-7-3-6-19(18-20)10-13-25-24(26-14-11-21-8-4-16-30-21)27-15-12-22-9-5-17-31-22/h3-9,16-18H,10-15H2,1-2H3,(H2,25,26,27). The Balaban J connectivity index is 1.53. The molecule has 3 rings (SSSR count). The Morgan fingerprint density at radius 3 is 2.58 bits per heavy atom. The van der Waals surface area contributed by atoms with Crippen LogP contribution in [-0.4, -0.2) is 50.5 Å². The van der Waals surface area contributed by atoms with Gasteiger partial charge in [0.1, 0.15) is 5.76 Å². The van der Waals surface area contributed by atoms with E-state index in [2.05, 4.69) is 28.1 Å². The summed E-state index contributed by atoms with van der Waals surface area (Å²) in [7, 11) is 3.54. The Kier molecular flexibility index (Phi) is 8.72. The SMILES string of the molecule is CN(C)C(=O)c1cccc(CCNC(=NCCc2cccs2)NCCc2ccco2)c1. The van der Waals surface area contributed by atoms with E-state index in [-0.39, 0.29) is 5.91 Å². The number of hydrogen-bond acceptors (Lipinski definition) is 4. The first kappa shape index (κ1) is 22.6. The lowest BCUT2D eigenvalue weighted by Crippen LogP contribution is -2.39. The first-order valence-electron chi connectivity index (χ1n) is 10.5. The number of carbonyl (C=O) groups is 1. The molecule has 3 aromatic rings. The molecule has 1 amide bonds. The van der Waals surface area contributed by atoms with Crippen molar-refractivity contribution in [3.63, 3.8) is 0 Å². The van der Waals surface area contributed by atoms with Crippen molar-refractivity contribution in [2.24, 2.45) is 4.99 Å². The minimum atomic E-state index is 0.0187. The fraction of sp³-hybridized carbons (Fsp3) is 0.333. The highest BCUT2D eigenvalue weighted by molar-refractivity contribution is 7.09. The van der Waals surface area contributed by atoms with Gasteiger partial charge in [0, 0.05) is 57.0 Å². The molecule has 2 N–H and O–H groups in total. The molecule has 31 heavy (non-hydrogen) atoms. The molecule has 0 radical (unpaired) electrons. The van der Waals surface area contributed by atoms with Crippen molar-refractivity contribution < 1.29 is 9.21 Å². The molecule has 0 saturated heterocycles. The number of benzene rings is 1. The summed E-state index contributed by atoms with van der Waals surface area (Å²) in [4.78, 5) is 19.8. The molecule has 0 fully saturated rings. The van der Waals surface area contributed by atoms with Gasteiger partial charge in [0.25, 0.3) is 5.91 Å². The van der Waals surface area contributed by atoms with E-state index in [9.17, 15) is 4.79 Å². The molecule has 0 unspecified atom stereocenters. The Hall–Kier alpha value is -3.06. The third-order valence-corrected chi connectivity index (χ3v) is 5.67. The van der Waals surface area contributed by atoms with Crippen LogP contribution in [0.4, 0.5) is 0 Å². The number of amides is 1. The minimum Gasteiger partial charge on any atom is -0.469 e. The maximum absolute atomic E-state index is 12.2. The van der Waals surface area contributed by atoms with Gasteiger partial charge < -0.3 is 20.0 Å². The van der Waals surface area contributed by atoms with Crippen molar-refractivity contribution in [2.45, 2.75) is 19.3 Å². The summed E-state index contributed by atoms with van der Waals surface area (Å²) in [5.41, 5.74) is 1.83. The van der Waals surface area contributed by atoms with Crippen LogP contribution >= 0.6 is 11.3 Å². The van der Waals surface area contributed by atoms with Gasteiger partial charge in [-0.15, -0.1) is 11.3 Å². The first-order valence-corrected chi connectivity index (χ1v) is 11.4. The summed E-state index contributed by atoms with van der Waals surface area (Å²) in [6.07, 6.45) is 4.22. The average molecular weight is 439 g/mol. The van der Waals surface area contributed by atoms with Gasteiger partial charge in [-0.1, -0.05) is 18.2 Å². The lowest BCUT2D eigenvalue weighted by atomic mass is 10.1. The number of hydrogen-bond donors (Lipinski definition) is 2. The number of aliphatic imine (C=N–C) groups is 1. The maximum Gasteiger partial charge on any atom is 0.253 e. The molecule has 0 bridgehead atoms. The van der Waals surface area contributed by atoms with E-state index in [4.69, 9.17) is 9.41 Å². The van der Waals surface area contributed by atoms with Crippen LogP contribution in [0, 0.1) is 0 Å². The van der Waals surface area contributed by atoms with Gasteiger partial charge in [0.05, 0.1) is 6.26 Å². The topological polar surface area (TPSA) is 69.9 Å². The highest BCUT2D eigenvalue weighted by Crippen LogP contribution is 2.09. The summed E-state index contributed by atoms with van der Waals surface area (Å²) in [6, 6.07) is 15.9. The Morgan fingerprint density at radius 1 is 1.03 bits per heavy atom. The second-order valence-electron chi connectivity index (χ2n) is 7.39. The van der Waals surface area contributed by atoms with E-state index in [1.165, 1.54) is 4.88 Å². The largest absolute Gasteiger partial charge is 0.469 e. The monoisotopic (exact) mass is 438 g/mol. The van der Waals surface area contributed by atoms with E-state index in [1.807, 2.05) is 36.4 Å². The smallest absolute Gasteiger partial charge is 0.253 e. The number of nitrogens with zero attached hydrogens (tertiary/aromatic N) is 2. The molecule has 2 aromatic heterocycles. The summed E-state index contributed by atoms with van der Waals surface area (Å²) in [5, 5.41) is 8.90. The molecule has 164 valence electrons. The van der Waals surface area contributed by atoms with Crippen molar-refractivity contribution in [1.29, 1.82) is 0 Å². The molecule has 0 aliphatic rings. The maximum atomic E-state index is 12.2. The second kappa shape index (κ2) is 12.0. The molecule has 0 saturated carbocycles. The van der Waals surface area contributed by atoms with Crippen LogP contribution in [0.3, 0.4) is 0 Å². The summed E-state index contributed by atoms with van der Waals surface area (Å²) >= 11 is 1.76. The minimum absolute atomic E-state index is 0.0187. The zero-order chi connectivity index (χ0) is 21.9. The van der Waals surface area contributed by atoms with Gasteiger partial charge in [-0.3, -0.25) is 9.79 Å². The van der Waals surface area contributed by atoms with E-state index < -0.39 is 0 Å². The summed E-state index contributed by atoms with van der Waals surface area (Å²) in [6.45, 7) is 2.19. The Bertz CT molecular complexity index is 950. The zero-order valence-electron chi connectivity index (χ0n) is 18.1. The van der Waals surface area contributed by atoms with Crippen molar-refractivity contribution in [2.75, 3.05) is 33.7 Å². The molecular weight excluding hydrogens is 408 g/mol. The van der Waals surface area contributed by atoms with Crippen LogP contribution in [0.2, 0.25) is 0 Å². The lowest BCUT2D eigenvalue weighted by molar-refractivity contribution is 0.0827.